The van der Waals surface area contributed by atoms with Crippen molar-refractivity contribution in [3.8, 4) is 11.5 Å². The smallest absolute Gasteiger partial charge is 0.252 e. The van der Waals surface area contributed by atoms with Gasteiger partial charge in [0, 0.05) is 16.0 Å². The Hall–Kier alpha value is -2.23. The van der Waals surface area contributed by atoms with Gasteiger partial charge < -0.3 is 14.4 Å². The van der Waals surface area contributed by atoms with Crippen LogP contribution in [0.5, 0.6) is 11.5 Å². The number of thioether (sulfide) groups is 1. The third kappa shape index (κ3) is 4.68. The molecule has 2 aliphatic heterocycles. The maximum Gasteiger partial charge on any atom is 0.252 e. The Morgan fingerprint density at radius 2 is 1.84 bits per heavy atom. The highest BCUT2D eigenvalue weighted by Gasteiger charge is 2.49. The molecule has 0 spiro atoms. The number of anilines is 1. The van der Waals surface area contributed by atoms with E-state index in [9.17, 15) is 13.2 Å². The molecule has 10 heteroatoms. The maximum absolute atomic E-state index is 12.8. The van der Waals surface area contributed by atoms with Gasteiger partial charge in [-0.3, -0.25) is 4.79 Å². The van der Waals surface area contributed by atoms with Crippen molar-refractivity contribution in [2.75, 3.05) is 30.6 Å². The number of amidine groups is 1. The minimum atomic E-state index is -3.12. The second-order valence-corrected chi connectivity index (χ2v) is 11.1. The van der Waals surface area contributed by atoms with E-state index in [2.05, 4.69) is 4.99 Å². The third-order valence-electron chi connectivity index (χ3n) is 5.20. The molecule has 31 heavy (non-hydrogen) atoms. The van der Waals surface area contributed by atoms with Crippen molar-refractivity contribution in [1.29, 1.82) is 0 Å². The van der Waals surface area contributed by atoms with Gasteiger partial charge in [0.1, 0.15) is 0 Å². The quantitative estimate of drug-likeness (QED) is 0.649. The number of nitrogens with zero attached hydrogens (tertiary/aromatic N) is 2. The number of benzene rings is 2. The standard InChI is InChI=1S/C21H21ClN2O5S2/c1-28-17-8-3-13(9-18(17)29-2)10-20(25)23-21-24(15-6-4-14(22)5-7-15)16-11-31(26,27)12-19(16)30-21/h3-9,16,19H,10-12H2,1-2H3/t16-,19+/m0/s1. The fourth-order valence-corrected chi connectivity index (χ4v) is 7.84. The molecule has 0 radical (unpaired) electrons. The molecular weight excluding hydrogens is 460 g/mol. The zero-order valence-corrected chi connectivity index (χ0v) is 19.3. The Kier molecular flexibility index (Phi) is 6.18. The number of aliphatic imine (C=N–C) groups is 1. The summed E-state index contributed by atoms with van der Waals surface area (Å²) in [6.07, 6.45) is 0.0898. The van der Waals surface area contributed by atoms with Crippen molar-refractivity contribution in [3.63, 3.8) is 0 Å². The topological polar surface area (TPSA) is 85.3 Å². The van der Waals surface area contributed by atoms with E-state index >= 15 is 0 Å². The predicted molar refractivity (Wildman–Crippen MR) is 123 cm³/mol. The van der Waals surface area contributed by atoms with Gasteiger partial charge in [-0.25, -0.2) is 8.42 Å². The number of carbonyl (C=O) groups excluding carboxylic acids is 1. The third-order valence-corrected chi connectivity index (χ3v) is 8.66. The van der Waals surface area contributed by atoms with Crippen molar-refractivity contribution in [2.45, 2.75) is 17.7 Å². The van der Waals surface area contributed by atoms with E-state index in [0.29, 0.717) is 21.7 Å². The molecule has 0 aliphatic carbocycles. The molecule has 0 N–H and O–H groups in total. The van der Waals surface area contributed by atoms with Gasteiger partial charge in [0.25, 0.3) is 5.91 Å². The lowest BCUT2D eigenvalue weighted by atomic mass is 10.1. The number of hydrogen-bond acceptors (Lipinski definition) is 6. The second-order valence-electron chi connectivity index (χ2n) is 7.30. The molecule has 0 saturated carbocycles. The summed E-state index contributed by atoms with van der Waals surface area (Å²) in [5, 5.41) is 0.931. The second kappa shape index (κ2) is 8.72. The van der Waals surface area contributed by atoms with Crippen molar-refractivity contribution in [2.24, 2.45) is 4.99 Å². The van der Waals surface area contributed by atoms with Crippen LogP contribution in [0.15, 0.2) is 47.5 Å². The van der Waals surface area contributed by atoms with Crippen LogP contribution in [0.25, 0.3) is 0 Å². The number of rotatable bonds is 5. The summed E-state index contributed by atoms with van der Waals surface area (Å²) in [5.41, 5.74) is 1.51. The van der Waals surface area contributed by atoms with Crippen LogP contribution in [-0.4, -0.2) is 56.5 Å². The zero-order valence-electron chi connectivity index (χ0n) is 16.9. The molecule has 164 valence electrons. The molecule has 1 amide bonds. The maximum atomic E-state index is 12.8. The van der Waals surface area contributed by atoms with Crippen LogP contribution in [0.3, 0.4) is 0 Å². The number of carbonyl (C=O) groups is 1. The Bertz CT molecular complexity index is 1130. The number of amides is 1. The normalized spacial score (nSPS) is 23.1. The number of sulfone groups is 1. The van der Waals surface area contributed by atoms with Gasteiger partial charge in [0.15, 0.2) is 26.5 Å². The van der Waals surface area contributed by atoms with E-state index in [0.717, 1.165) is 11.3 Å². The fourth-order valence-electron chi connectivity index (χ4n) is 3.78. The first kappa shape index (κ1) is 22.0. The minimum absolute atomic E-state index is 0.0379. The van der Waals surface area contributed by atoms with Crippen LogP contribution in [-0.2, 0) is 21.1 Å². The predicted octanol–water partition coefficient (Wildman–Crippen LogP) is 3.20. The Labute approximate surface area is 190 Å². The number of methoxy groups -OCH3 is 2. The fraction of sp³-hybridized carbons (Fsp3) is 0.333. The summed E-state index contributed by atoms with van der Waals surface area (Å²) in [5.74, 6) is 0.917. The highest BCUT2D eigenvalue weighted by Crippen LogP contribution is 2.41. The number of hydrogen-bond donors (Lipinski definition) is 0. The SMILES string of the molecule is COc1ccc(CC(=O)N=C2S[C@@H]3CS(=O)(=O)C[C@@H]3N2c2ccc(Cl)cc2)cc1OC. The lowest BCUT2D eigenvalue weighted by molar-refractivity contribution is -0.117. The van der Waals surface area contributed by atoms with Gasteiger partial charge in [-0.15, -0.1) is 0 Å². The van der Waals surface area contributed by atoms with Gasteiger partial charge in [-0.2, -0.15) is 4.99 Å². The average molecular weight is 481 g/mol. The molecule has 2 aromatic rings. The minimum Gasteiger partial charge on any atom is -0.493 e. The number of fused-ring (bicyclic) bond motifs is 1. The monoisotopic (exact) mass is 480 g/mol. The van der Waals surface area contributed by atoms with Crippen LogP contribution in [0.4, 0.5) is 5.69 Å². The lowest BCUT2D eigenvalue weighted by Gasteiger charge is -2.24. The zero-order chi connectivity index (χ0) is 22.2. The van der Waals surface area contributed by atoms with E-state index in [1.807, 2.05) is 17.0 Å². The molecule has 7 nitrogen and oxygen atoms in total. The van der Waals surface area contributed by atoms with Crippen molar-refractivity contribution in [1.82, 2.24) is 0 Å². The first-order chi connectivity index (χ1) is 14.8. The van der Waals surface area contributed by atoms with E-state index in [1.165, 1.54) is 18.9 Å². The molecule has 2 aliphatic rings. The Morgan fingerprint density at radius 3 is 2.52 bits per heavy atom. The van der Waals surface area contributed by atoms with Crippen molar-refractivity contribution >= 4 is 50.0 Å². The van der Waals surface area contributed by atoms with Gasteiger partial charge in [0.05, 0.1) is 38.2 Å². The number of ether oxygens (including phenoxy) is 2. The molecule has 2 fully saturated rings. The van der Waals surface area contributed by atoms with Crippen LogP contribution in [0, 0.1) is 0 Å². The first-order valence-corrected chi connectivity index (χ1v) is 12.6. The number of halogens is 1. The van der Waals surface area contributed by atoms with Gasteiger partial charge >= 0.3 is 0 Å². The molecular formula is C21H21ClN2O5S2. The summed E-state index contributed by atoms with van der Waals surface area (Å²) in [7, 11) is -0.0363. The molecule has 2 saturated heterocycles. The summed E-state index contributed by atoms with van der Waals surface area (Å²) in [6.45, 7) is 0. The summed E-state index contributed by atoms with van der Waals surface area (Å²) >= 11 is 7.35. The molecule has 2 aromatic carbocycles. The first-order valence-electron chi connectivity index (χ1n) is 9.54. The molecule has 0 unspecified atom stereocenters. The molecule has 2 atom stereocenters. The average Bonchev–Trinajstić information content (AvgIpc) is 3.19. The van der Waals surface area contributed by atoms with E-state index in [1.54, 1.807) is 37.4 Å². The molecule has 2 heterocycles. The molecule has 0 aromatic heterocycles. The van der Waals surface area contributed by atoms with E-state index in [4.69, 9.17) is 21.1 Å². The molecule has 4 rings (SSSR count). The lowest BCUT2D eigenvalue weighted by Crippen LogP contribution is -2.37. The summed E-state index contributed by atoms with van der Waals surface area (Å²) in [4.78, 5) is 19.0. The van der Waals surface area contributed by atoms with E-state index < -0.39 is 9.84 Å². The summed E-state index contributed by atoms with van der Waals surface area (Å²) in [6, 6.07) is 12.1. The van der Waals surface area contributed by atoms with E-state index in [-0.39, 0.29) is 35.1 Å². The highest BCUT2D eigenvalue weighted by atomic mass is 35.5. The summed E-state index contributed by atoms with van der Waals surface area (Å²) < 4.78 is 34.9. The van der Waals surface area contributed by atoms with Gasteiger partial charge in [0.2, 0.25) is 0 Å². The highest BCUT2D eigenvalue weighted by molar-refractivity contribution is 8.16. The van der Waals surface area contributed by atoms with Gasteiger partial charge in [-0.05, 0) is 42.0 Å². The van der Waals surface area contributed by atoms with Crippen molar-refractivity contribution < 1.29 is 22.7 Å². The molecule has 0 bridgehead atoms. The van der Waals surface area contributed by atoms with Crippen LogP contribution >= 0.6 is 23.4 Å². The van der Waals surface area contributed by atoms with Gasteiger partial charge in [-0.1, -0.05) is 29.4 Å². The van der Waals surface area contributed by atoms with Crippen LogP contribution in [0.2, 0.25) is 5.02 Å². The van der Waals surface area contributed by atoms with Crippen LogP contribution < -0.4 is 14.4 Å². The van der Waals surface area contributed by atoms with Crippen LogP contribution in [0.1, 0.15) is 5.56 Å². The largest absolute Gasteiger partial charge is 0.493 e. The Morgan fingerprint density at radius 1 is 1.13 bits per heavy atom. The van der Waals surface area contributed by atoms with Crippen molar-refractivity contribution in [3.05, 3.63) is 53.1 Å². The Balaban J connectivity index is 1.60.